The molecule has 0 fully saturated rings. The predicted octanol–water partition coefficient (Wildman–Crippen LogP) is 0.925. The summed E-state index contributed by atoms with van der Waals surface area (Å²) in [6.07, 6.45) is 0. The monoisotopic (exact) mass is 66.0 g/mol. The topological polar surface area (TPSA) is 0 Å². The first-order valence-electron chi connectivity index (χ1n) is 1.03. The molecule has 0 unspecified atom stereocenters. The second-order valence-electron chi connectivity index (χ2n) is 0.378. The van der Waals surface area contributed by atoms with Crippen molar-refractivity contribution >= 4 is 0 Å². The molecule has 0 amide bonds. The van der Waals surface area contributed by atoms with Crippen molar-refractivity contribution in [2.24, 2.45) is 0 Å². The van der Waals surface area contributed by atoms with E-state index in [0.29, 0.717) is 0 Å². The number of alkyl halides is 2. The van der Waals surface area contributed by atoms with Gasteiger partial charge in [-0.1, -0.05) is 0 Å². The van der Waals surface area contributed by atoms with E-state index < -0.39 is 13.3 Å². The third kappa shape index (κ3) is 1.86. The van der Waals surface area contributed by atoms with Crippen LogP contribution in [-0.2, 0) is 0 Å². The molecule has 0 aliphatic carbocycles. The molecule has 0 nitrogen and oxygen atoms in total. The Kier molecular flexibility index (Phi) is 2.76. The van der Waals surface area contributed by atoms with E-state index in [9.17, 15) is 8.78 Å². The van der Waals surface area contributed by atoms with Crippen molar-refractivity contribution < 1.29 is 8.78 Å². The highest BCUT2D eigenvalue weighted by Crippen LogP contribution is 1.63. The Morgan fingerprint density at radius 2 is 1.25 bits per heavy atom. The van der Waals surface area contributed by atoms with Crippen LogP contribution in [0.15, 0.2) is 0 Å². The fourth-order valence-corrected chi connectivity index (χ4v) is 0. The molecule has 0 aliphatic heterocycles. The summed E-state index contributed by atoms with van der Waals surface area (Å²) in [7, 11) is 0. The van der Waals surface area contributed by atoms with Gasteiger partial charge in [0.05, 0.1) is 0 Å². The maximum atomic E-state index is 10.3. The lowest BCUT2D eigenvalue weighted by molar-refractivity contribution is 0.380. The Hall–Kier alpha value is -0.140. The predicted molar refractivity (Wildman–Crippen MR) is 12.0 cm³/mol. The lowest BCUT2D eigenvalue weighted by atomic mass is 10.9. The summed E-state index contributed by atoms with van der Waals surface area (Å²) in [6.45, 7) is -1.69. The van der Waals surface area contributed by atoms with E-state index in [1.165, 1.54) is 0 Å². The third-order valence-electron chi connectivity index (χ3n) is 0.0714. The van der Waals surface area contributed by atoms with Gasteiger partial charge in [0.1, 0.15) is 13.3 Å². The van der Waals surface area contributed by atoms with Crippen molar-refractivity contribution in [2.45, 2.75) is 0 Å². The lowest BCUT2D eigenvalue weighted by Crippen LogP contribution is -1.68. The molecule has 0 heterocycles. The maximum absolute atomic E-state index is 10.3. The molecule has 4 heavy (non-hydrogen) atoms. The molecule has 0 N–H and O–H groups in total. The Balaban J connectivity index is 1.97. The van der Waals surface area contributed by atoms with Crippen LogP contribution in [0.2, 0.25) is 0 Å². The van der Waals surface area contributed by atoms with E-state index in [1.54, 1.807) is 0 Å². The zero-order chi connectivity index (χ0) is 3.41. The molecule has 0 saturated carbocycles. The van der Waals surface area contributed by atoms with Crippen LogP contribution in [0.3, 0.4) is 0 Å². The summed E-state index contributed by atoms with van der Waals surface area (Å²) in [6, 6.07) is 0. The Morgan fingerprint density at radius 1 is 1.00 bits per heavy atom. The Morgan fingerprint density at radius 3 is 1.25 bits per heavy atom. The van der Waals surface area contributed by atoms with Gasteiger partial charge in [0, 0.05) is 0 Å². The van der Waals surface area contributed by atoms with Crippen LogP contribution in [-0.4, -0.2) is 13.3 Å². The molecule has 2 heteroatoms. The second-order valence-corrected chi connectivity index (χ2v) is 0.378. The van der Waals surface area contributed by atoms with E-state index in [1.807, 2.05) is 0 Å². The number of hydrogen-bond acceptors (Lipinski definition) is 0. The van der Waals surface area contributed by atoms with Crippen molar-refractivity contribution in [2.75, 3.05) is 13.3 Å². The van der Waals surface area contributed by atoms with Crippen LogP contribution in [0.25, 0.3) is 0 Å². The Labute approximate surface area is 23.4 Å². The van der Waals surface area contributed by atoms with Gasteiger partial charge in [0.2, 0.25) is 0 Å². The van der Waals surface area contributed by atoms with Gasteiger partial charge in [0.25, 0.3) is 0 Å². The van der Waals surface area contributed by atoms with E-state index in [-0.39, 0.29) is 0 Å². The van der Waals surface area contributed by atoms with Crippen molar-refractivity contribution in [1.29, 1.82) is 0 Å². The molecule has 0 aromatic rings. The van der Waals surface area contributed by atoms with Crippen LogP contribution in [0.5, 0.6) is 0 Å². The molecule has 26 valence electrons. The highest BCUT2D eigenvalue weighted by atomic mass is 19.2. The minimum Gasteiger partial charge on any atom is -0.248 e. The van der Waals surface area contributed by atoms with Crippen LogP contribution < -0.4 is 0 Å². The zero-order valence-electron chi connectivity index (χ0n) is 2.17. The summed E-state index contributed by atoms with van der Waals surface area (Å²) in [5, 5.41) is 0. The van der Waals surface area contributed by atoms with Gasteiger partial charge in [0.15, 0.2) is 0 Å². The molecule has 0 aromatic heterocycles. The van der Waals surface area contributed by atoms with Gasteiger partial charge in [-0.3, -0.25) is 0 Å². The average Bonchev–Trinajstić information content (AvgIpc) is 1.37. The first kappa shape index (κ1) is 3.86. The van der Waals surface area contributed by atoms with Crippen LogP contribution in [0, 0.1) is 0 Å². The first-order valence-corrected chi connectivity index (χ1v) is 1.03. The van der Waals surface area contributed by atoms with Gasteiger partial charge in [-0.05, 0) is 0 Å². The fraction of sp³-hybridized carbons (Fsp3) is 1.00. The summed E-state index contributed by atoms with van der Waals surface area (Å²) in [4.78, 5) is 0. The molecule has 0 saturated heterocycles. The van der Waals surface area contributed by atoms with Gasteiger partial charge in [-0.25, -0.2) is 8.78 Å². The lowest BCUT2D eigenvalue weighted by Gasteiger charge is -1.61. The molecule has 0 spiro atoms. The van der Waals surface area contributed by atoms with Crippen LogP contribution in [0.1, 0.15) is 0 Å². The number of halogens is 2. The smallest absolute Gasteiger partial charge is 0.118 e. The maximum Gasteiger partial charge on any atom is 0.118 e. The summed E-state index contributed by atoms with van der Waals surface area (Å²) in [5.74, 6) is 0. The quantitative estimate of drug-likeness (QED) is 0.427. The highest BCUT2D eigenvalue weighted by Gasteiger charge is 1.65. The molecule has 0 radical (unpaired) electrons. The molecule has 0 bridgehead atoms. The van der Waals surface area contributed by atoms with Gasteiger partial charge < -0.3 is 0 Å². The van der Waals surface area contributed by atoms with E-state index >= 15 is 0 Å². The number of hydrogen-bond donors (Lipinski definition) is 0. The van der Waals surface area contributed by atoms with Crippen LogP contribution in [0.4, 0.5) is 8.78 Å². The average molecular weight is 66.0 g/mol. The second kappa shape index (κ2) is 2.86. The third-order valence-corrected chi connectivity index (χ3v) is 0.0714. The van der Waals surface area contributed by atoms with E-state index in [4.69, 9.17) is 0 Å². The SMILES string of the molecule is FCCF. The molecular weight excluding hydrogens is 62.0 g/mol. The molecule has 0 aromatic carbocycles. The Bertz CT molecular complexity index is 6.00. The molecule has 0 aliphatic rings. The largest absolute Gasteiger partial charge is 0.248 e. The van der Waals surface area contributed by atoms with Crippen molar-refractivity contribution in [3.05, 3.63) is 0 Å². The van der Waals surface area contributed by atoms with Crippen LogP contribution >= 0.6 is 0 Å². The number of rotatable bonds is 1. The highest BCUT2D eigenvalue weighted by molar-refractivity contribution is 4.09. The fourth-order valence-electron chi connectivity index (χ4n) is 0. The van der Waals surface area contributed by atoms with Gasteiger partial charge >= 0.3 is 0 Å². The van der Waals surface area contributed by atoms with Gasteiger partial charge in [-0.2, -0.15) is 0 Å². The standard InChI is InChI=1S/C2H4F2/c3-1-2-4/h1-2H2. The van der Waals surface area contributed by atoms with E-state index in [0.717, 1.165) is 0 Å². The first-order chi connectivity index (χ1) is 1.91. The molecule has 0 rings (SSSR count). The minimum absolute atomic E-state index is 0.847. The molecular formula is C2H4F2. The summed E-state index contributed by atoms with van der Waals surface area (Å²) >= 11 is 0. The van der Waals surface area contributed by atoms with E-state index in [2.05, 4.69) is 0 Å². The summed E-state index contributed by atoms with van der Waals surface area (Å²) < 4.78 is 20.7. The normalized spacial score (nSPS) is 7.50. The van der Waals surface area contributed by atoms with Crippen molar-refractivity contribution in [3.63, 3.8) is 0 Å². The molecule has 0 atom stereocenters. The van der Waals surface area contributed by atoms with Crippen molar-refractivity contribution in [1.82, 2.24) is 0 Å². The minimum atomic E-state index is -0.847. The summed E-state index contributed by atoms with van der Waals surface area (Å²) in [5.41, 5.74) is 0. The van der Waals surface area contributed by atoms with Gasteiger partial charge in [-0.15, -0.1) is 0 Å². The van der Waals surface area contributed by atoms with Crippen molar-refractivity contribution in [3.8, 4) is 0 Å². The zero-order valence-corrected chi connectivity index (χ0v) is 2.17.